The van der Waals surface area contributed by atoms with E-state index in [1.165, 1.54) is 0 Å². The van der Waals surface area contributed by atoms with Gasteiger partial charge in [0.1, 0.15) is 18.7 Å². The first-order valence-electron chi connectivity index (χ1n) is 6.95. The van der Waals surface area contributed by atoms with Crippen molar-refractivity contribution in [2.45, 2.75) is 18.7 Å². The van der Waals surface area contributed by atoms with E-state index in [2.05, 4.69) is 5.32 Å². The molecule has 1 heterocycles. The third kappa shape index (κ3) is 2.71. The molecule has 2 aromatic rings. The van der Waals surface area contributed by atoms with Crippen LogP contribution in [0.15, 0.2) is 54.6 Å². The van der Waals surface area contributed by atoms with E-state index in [-0.39, 0.29) is 6.61 Å². The lowest BCUT2D eigenvalue weighted by atomic mass is 10.0. The van der Waals surface area contributed by atoms with Crippen molar-refractivity contribution in [3.63, 3.8) is 0 Å². The van der Waals surface area contributed by atoms with Crippen molar-refractivity contribution in [3.05, 3.63) is 71.3 Å². The molecule has 2 atom stereocenters. The highest BCUT2D eigenvalue weighted by molar-refractivity contribution is 5.85. The van der Waals surface area contributed by atoms with Gasteiger partial charge in [-0.3, -0.25) is 10.1 Å². The second-order valence-corrected chi connectivity index (χ2v) is 5.09. The first kappa shape index (κ1) is 14.3. The molecule has 0 bridgehead atoms. The average molecular weight is 297 g/mol. The van der Waals surface area contributed by atoms with Crippen LogP contribution in [0.4, 0.5) is 0 Å². The maximum atomic E-state index is 12.3. The number of carboxylic acid groups (broad SMARTS) is 1. The highest BCUT2D eigenvalue weighted by Gasteiger charge is 2.38. The summed E-state index contributed by atoms with van der Waals surface area (Å²) in [7, 11) is 0. The Bertz CT molecular complexity index is 699. The van der Waals surface area contributed by atoms with Gasteiger partial charge in [-0.05, 0) is 16.7 Å². The molecular formula is C17H15NO4. The molecule has 2 aromatic carbocycles. The molecule has 0 aliphatic carbocycles. The summed E-state index contributed by atoms with van der Waals surface area (Å²) in [5.74, 6) is -1.48. The Balaban J connectivity index is 1.75. The molecule has 5 heteroatoms. The molecule has 0 radical (unpaired) electrons. The molecular weight excluding hydrogens is 282 g/mol. The number of ether oxygens (including phenoxy) is 1. The summed E-state index contributed by atoms with van der Waals surface area (Å²) < 4.78 is 5.30. The van der Waals surface area contributed by atoms with Crippen molar-refractivity contribution in [1.29, 1.82) is 0 Å². The predicted molar refractivity (Wildman–Crippen MR) is 78.9 cm³/mol. The number of carbonyl (C=O) groups excluding carboxylic acids is 1. The largest absolute Gasteiger partial charge is 0.480 e. The van der Waals surface area contributed by atoms with Gasteiger partial charge in [-0.2, -0.15) is 0 Å². The van der Waals surface area contributed by atoms with Crippen molar-refractivity contribution in [2.75, 3.05) is 0 Å². The smallest absolute Gasteiger partial charge is 0.328 e. The molecule has 0 fully saturated rings. The fourth-order valence-electron chi connectivity index (χ4n) is 2.59. The summed E-state index contributed by atoms with van der Waals surface area (Å²) in [6, 6.07) is 14.7. The van der Waals surface area contributed by atoms with Gasteiger partial charge in [0.25, 0.3) is 0 Å². The highest BCUT2D eigenvalue weighted by Crippen LogP contribution is 2.33. The van der Waals surface area contributed by atoms with Crippen LogP contribution in [-0.2, 0) is 20.9 Å². The minimum atomic E-state index is -1.01. The fraction of sp³-hybridized carbons (Fsp3) is 0.176. The highest BCUT2D eigenvalue weighted by atomic mass is 16.5. The Hall–Kier alpha value is -2.66. The van der Waals surface area contributed by atoms with E-state index in [0.717, 1.165) is 5.56 Å². The van der Waals surface area contributed by atoms with Crippen LogP contribution >= 0.6 is 0 Å². The minimum Gasteiger partial charge on any atom is -0.480 e. The summed E-state index contributed by atoms with van der Waals surface area (Å²) in [4.78, 5) is 23.6. The van der Waals surface area contributed by atoms with Gasteiger partial charge >= 0.3 is 11.9 Å². The Morgan fingerprint density at radius 2 is 1.55 bits per heavy atom. The van der Waals surface area contributed by atoms with Crippen LogP contribution in [0.2, 0.25) is 0 Å². The number of carboxylic acids is 1. The zero-order valence-electron chi connectivity index (χ0n) is 11.7. The number of carbonyl (C=O) groups is 2. The minimum absolute atomic E-state index is 0.164. The maximum absolute atomic E-state index is 12.3. The third-order valence-corrected chi connectivity index (χ3v) is 3.66. The van der Waals surface area contributed by atoms with Gasteiger partial charge in [-0.15, -0.1) is 0 Å². The second kappa shape index (κ2) is 5.99. The van der Waals surface area contributed by atoms with Crippen LogP contribution in [0.5, 0.6) is 0 Å². The summed E-state index contributed by atoms with van der Waals surface area (Å²) in [5, 5.41) is 12.1. The summed E-state index contributed by atoms with van der Waals surface area (Å²) in [5.41, 5.74) is 2.15. The van der Waals surface area contributed by atoms with Crippen LogP contribution in [0.3, 0.4) is 0 Å². The number of rotatable bonds is 4. The monoisotopic (exact) mass is 297 g/mol. The fourth-order valence-corrected chi connectivity index (χ4v) is 2.59. The van der Waals surface area contributed by atoms with Crippen LogP contribution < -0.4 is 5.32 Å². The standard InChI is InChI=1S/C17H15NO4/c19-16(20)14-12-8-4-5-9-13(12)15(18-14)17(21)22-10-11-6-2-1-3-7-11/h1-9,14-15,18H,10H2,(H,19,20). The third-order valence-electron chi connectivity index (χ3n) is 3.66. The Morgan fingerprint density at radius 3 is 2.18 bits per heavy atom. The molecule has 0 spiro atoms. The van der Waals surface area contributed by atoms with Gasteiger partial charge in [0, 0.05) is 0 Å². The van der Waals surface area contributed by atoms with E-state index < -0.39 is 24.0 Å². The lowest BCUT2D eigenvalue weighted by Crippen LogP contribution is -2.30. The lowest BCUT2D eigenvalue weighted by molar-refractivity contribution is -0.148. The molecule has 112 valence electrons. The lowest BCUT2D eigenvalue weighted by Gasteiger charge is -2.12. The van der Waals surface area contributed by atoms with Gasteiger partial charge in [0.15, 0.2) is 0 Å². The molecule has 5 nitrogen and oxygen atoms in total. The molecule has 0 saturated carbocycles. The molecule has 0 saturated heterocycles. The van der Waals surface area contributed by atoms with E-state index in [1.807, 2.05) is 30.3 Å². The molecule has 3 rings (SSSR count). The molecule has 2 N–H and O–H groups in total. The summed E-state index contributed by atoms with van der Waals surface area (Å²) in [6.07, 6.45) is 0. The Kier molecular flexibility index (Phi) is 3.89. The van der Waals surface area contributed by atoms with E-state index in [4.69, 9.17) is 4.74 Å². The Morgan fingerprint density at radius 1 is 0.955 bits per heavy atom. The SMILES string of the molecule is O=C(O)C1NC(C(=O)OCc2ccccc2)c2ccccc21. The average Bonchev–Trinajstić information content (AvgIpc) is 2.93. The molecule has 0 aromatic heterocycles. The van der Waals surface area contributed by atoms with Crippen molar-refractivity contribution >= 4 is 11.9 Å². The number of nitrogens with one attached hydrogen (secondary N) is 1. The van der Waals surface area contributed by atoms with Crippen molar-refractivity contribution in [2.24, 2.45) is 0 Å². The van der Waals surface area contributed by atoms with Crippen molar-refractivity contribution in [1.82, 2.24) is 5.32 Å². The second-order valence-electron chi connectivity index (χ2n) is 5.09. The molecule has 22 heavy (non-hydrogen) atoms. The summed E-state index contributed by atoms with van der Waals surface area (Å²) >= 11 is 0. The molecule has 0 amide bonds. The first-order chi connectivity index (χ1) is 10.7. The van der Waals surface area contributed by atoms with Gasteiger partial charge in [0.05, 0.1) is 0 Å². The number of hydrogen-bond donors (Lipinski definition) is 2. The number of hydrogen-bond acceptors (Lipinski definition) is 4. The van der Waals surface area contributed by atoms with Gasteiger partial charge < -0.3 is 9.84 Å². The number of aliphatic carboxylic acids is 1. The van der Waals surface area contributed by atoms with Crippen LogP contribution in [0, 0.1) is 0 Å². The maximum Gasteiger partial charge on any atom is 0.328 e. The normalized spacial score (nSPS) is 19.5. The first-order valence-corrected chi connectivity index (χ1v) is 6.95. The number of benzene rings is 2. The number of esters is 1. The van der Waals surface area contributed by atoms with Crippen molar-refractivity contribution < 1.29 is 19.4 Å². The van der Waals surface area contributed by atoms with E-state index in [0.29, 0.717) is 11.1 Å². The topological polar surface area (TPSA) is 75.6 Å². The summed E-state index contributed by atoms with van der Waals surface area (Å²) in [6.45, 7) is 0.164. The molecule has 1 aliphatic heterocycles. The molecule has 2 unspecified atom stereocenters. The zero-order chi connectivity index (χ0) is 15.5. The zero-order valence-corrected chi connectivity index (χ0v) is 11.7. The van der Waals surface area contributed by atoms with E-state index in [1.54, 1.807) is 24.3 Å². The van der Waals surface area contributed by atoms with Crippen LogP contribution in [0.25, 0.3) is 0 Å². The van der Waals surface area contributed by atoms with Crippen LogP contribution in [-0.4, -0.2) is 17.0 Å². The quantitative estimate of drug-likeness (QED) is 0.846. The van der Waals surface area contributed by atoms with Crippen molar-refractivity contribution in [3.8, 4) is 0 Å². The Labute approximate surface area is 127 Å². The van der Waals surface area contributed by atoms with Gasteiger partial charge in [0.2, 0.25) is 0 Å². The number of fused-ring (bicyclic) bond motifs is 1. The molecule has 1 aliphatic rings. The van der Waals surface area contributed by atoms with E-state index in [9.17, 15) is 14.7 Å². The van der Waals surface area contributed by atoms with Gasteiger partial charge in [-0.25, -0.2) is 4.79 Å². The van der Waals surface area contributed by atoms with E-state index >= 15 is 0 Å². The van der Waals surface area contributed by atoms with Crippen LogP contribution in [0.1, 0.15) is 28.8 Å². The van der Waals surface area contributed by atoms with Gasteiger partial charge in [-0.1, -0.05) is 54.6 Å². The predicted octanol–water partition coefficient (Wildman–Crippen LogP) is 2.20.